The van der Waals surface area contributed by atoms with Crippen LogP contribution in [0.25, 0.3) is 0 Å². The third-order valence-corrected chi connectivity index (χ3v) is 2.55. The number of hydrogen-bond acceptors (Lipinski definition) is 4. The van der Waals surface area contributed by atoms with E-state index >= 15 is 0 Å². The Morgan fingerprint density at radius 1 is 1.21 bits per heavy atom. The Bertz CT molecular complexity index is 526. The lowest BCUT2D eigenvalue weighted by atomic mass is 10.2. The minimum Gasteiger partial charge on any atom is -0.497 e. The van der Waals surface area contributed by atoms with E-state index in [4.69, 9.17) is 4.74 Å². The molecule has 0 aliphatic heterocycles. The van der Waals surface area contributed by atoms with Crippen molar-refractivity contribution in [1.82, 2.24) is 15.8 Å². The molecule has 0 aliphatic carbocycles. The van der Waals surface area contributed by atoms with Crippen LogP contribution in [0.2, 0.25) is 0 Å². The minimum absolute atomic E-state index is 0.255. The summed E-state index contributed by atoms with van der Waals surface area (Å²) in [5, 5.41) is 0. The van der Waals surface area contributed by atoms with Crippen molar-refractivity contribution in [2.24, 2.45) is 0 Å². The Kier molecular flexibility index (Phi) is 4.47. The quantitative estimate of drug-likeness (QED) is 0.797. The molecule has 1 heterocycles. The number of methoxy groups -OCH3 is 1. The van der Waals surface area contributed by atoms with Gasteiger partial charge in [-0.05, 0) is 29.8 Å². The van der Waals surface area contributed by atoms with Gasteiger partial charge in [0.2, 0.25) is 0 Å². The number of carbonyl (C=O) groups is 1. The first kappa shape index (κ1) is 13.0. The molecule has 0 unspecified atom stereocenters. The Morgan fingerprint density at radius 3 is 2.63 bits per heavy atom. The average molecular weight is 257 g/mol. The largest absolute Gasteiger partial charge is 0.497 e. The topological polar surface area (TPSA) is 63.2 Å². The van der Waals surface area contributed by atoms with Crippen molar-refractivity contribution in [3.05, 3.63) is 59.9 Å². The number of benzene rings is 1. The Balaban J connectivity index is 1.81. The zero-order valence-electron chi connectivity index (χ0n) is 10.6. The minimum atomic E-state index is -0.255. The molecule has 98 valence electrons. The fourth-order valence-corrected chi connectivity index (χ4v) is 1.53. The van der Waals surface area contributed by atoms with E-state index in [-0.39, 0.29) is 5.91 Å². The molecule has 1 aromatic heterocycles. The van der Waals surface area contributed by atoms with Crippen molar-refractivity contribution in [2.75, 3.05) is 7.11 Å². The number of hydrazine groups is 1. The van der Waals surface area contributed by atoms with Crippen LogP contribution in [0.15, 0.2) is 48.7 Å². The number of pyridine rings is 1. The van der Waals surface area contributed by atoms with Gasteiger partial charge in [0, 0.05) is 12.7 Å². The standard InChI is InChI=1S/C14H15N3O2/c1-19-12-7-5-11(6-8-12)10-16-17-14(18)13-4-2-3-9-15-13/h2-9,16H,10H2,1H3,(H,17,18). The van der Waals surface area contributed by atoms with Crippen molar-refractivity contribution >= 4 is 5.91 Å². The van der Waals surface area contributed by atoms with E-state index in [1.807, 2.05) is 24.3 Å². The van der Waals surface area contributed by atoms with E-state index in [1.165, 1.54) is 0 Å². The van der Waals surface area contributed by atoms with Crippen molar-refractivity contribution in [3.8, 4) is 5.75 Å². The summed E-state index contributed by atoms with van der Waals surface area (Å²) >= 11 is 0. The summed E-state index contributed by atoms with van der Waals surface area (Å²) < 4.78 is 5.07. The van der Waals surface area contributed by atoms with Crippen LogP contribution in [0.4, 0.5) is 0 Å². The second-order valence-corrected chi connectivity index (χ2v) is 3.87. The van der Waals surface area contributed by atoms with Crippen molar-refractivity contribution in [2.45, 2.75) is 6.54 Å². The maximum atomic E-state index is 11.7. The molecule has 5 nitrogen and oxygen atoms in total. The highest BCUT2D eigenvalue weighted by atomic mass is 16.5. The first-order valence-electron chi connectivity index (χ1n) is 5.87. The molecule has 0 saturated carbocycles. The Hall–Kier alpha value is -2.40. The highest BCUT2D eigenvalue weighted by molar-refractivity contribution is 5.91. The molecule has 0 spiro atoms. The predicted molar refractivity (Wildman–Crippen MR) is 71.5 cm³/mol. The number of nitrogens with one attached hydrogen (secondary N) is 2. The summed E-state index contributed by atoms with van der Waals surface area (Å²) in [5.74, 6) is 0.551. The van der Waals surface area contributed by atoms with Crippen LogP contribution < -0.4 is 15.6 Å². The molecule has 1 aromatic carbocycles. The number of nitrogens with zero attached hydrogens (tertiary/aromatic N) is 1. The van der Waals surface area contributed by atoms with Gasteiger partial charge in [-0.15, -0.1) is 0 Å². The van der Waals surface area contributed by atoms with Gasteiger partial charge in [0.25, 0.3) is 5.91 Å². The monoisotopic (exact) mass is 257 g/mol. The first-order chi connectivity index (χ1) is 9.29. The van der Waals surface area contributed by atoms with Gasteiger partial charge in [0.05, 0.1) is 7.11 Å². The molecule has 0 bridgehead atoms. The summed E-state index contributed by atoms with van der Waals surface area (Å²) in [7, 11) is 1.63. The molecular formula is C14H15N3O2. The lowest BCUT2D eigenvalue weighted by molar-refractivity contribution is 0.0927. The van der Waals surface area contributed by atoms with Crippen molar-refractivity contribution < 1.29 is 9.53 Å². The maximum Gasteiger partial charge on any atom is 0.283 e. The number of amides is 1. The number of hydrogen-bond donors (Lipinski definition) is 2. The van der Waals surface area contributed by atoms with E-state index in [9.17, 15) is 4.79 Å². The van der Waals surface area contributed by atoms with E-state index in [0.717, 1.165) is 11.3 Å². The molecule has 2 aromatic rings. The summed E-state index contributed by atoms with van der Waals surface area (Å²) in [4.78, 5) is 15.6. The van der Waals surface area contributed by atoms with E-state index < -0.39 is 0 Å². The molecule has 5 heteroatoms. The van der Waals surface area contributed by atoms with Gasteiger partial charge in [-0.25, -0.2) is 5.43 Å². The highest BCUT2D eigenvalue weighted by Gasteiger charge is 2.04. The van der Waals surface area contributed by atoms with Gasteiger partial charge in [0.15, 0.2) is 0 Å². The molecule has 2 rings (SSSR count). The van der Waals surface area contributed by atoms with Crippen LogP contribution in [-0.4, -0.2) is 18.0 Å². The van der Waals surface area contributed by atoms with Crippen LogP contribution in [0.5, 0.6) is 5.75 Å². The maximum absolute atomic E-state index is 11.7. The normalized spacial score (nSPS) is 9.95. The first-order valence-corrected chi connectivity index (χ1v) is 5.87. The molecule has 19 heavy (non-hydrogen) atoms. The summed E-state index contributed by atoms with van der Waals surface area (Å²) in [6.07, 6.45) is 1.58. The molecule has 0 fully saturated rings. The average Bonchev–Trinajstić information content (AvgIpc) is 2.49. The Labute approximate surface area is 111 Å². The van der Waals surface area contributed by atoms with Gasteiger partial charge in [-0.1, -0.05) is 18.2 Å². The van der Waals surface area contributed by atoms with Gasteiger partial charge in [0.1, 0.15) is 11.4 Å². The van der Waals surface area contributed by atoms with E-state index in [2.05, 4.69) is 15.8 Å². The summed E-state index contributed by atoms with van der Waals surface area (Å²) in [6.45, 7) is 0.530. The highest BCUT2D eigenvalue weighted by Crippen LogP contribution is 2.10. The third kappa shape index (κ3) is 3.79. The fourth-order valence-electron chi connectivity index (χ4n) is 1.53. The lowest BCUT2D eigenvalue weighted by Gasteiger charge is -2.07. The van der Waals surface area contributed by atoms with Crippen molar-refractivity contribution in [1.29, 1.82) is 0 Å². The SMILES string of the molecule is COc1ccc(CNNC(=O)c2ccccn2)cc1. The van der Waals surface area contributed by atoms with Crippen LogP contribution in [0.3, 0.4) is 0 Å². The number of aromatic nitrogens is 1. The summed E-state index contributed by atoms with van der Waals surface area (Å²) in [6, 6.07) is 12.8. The van der Waals surface area contributed by atoms with E-state index in [0.29, 0.717) is 12.2 Å². The number of rotatable bonds is 5. The molecule has 1 amide bonds. The second kappa shape index (κ2) is 6.51. The lowest BCUT2D eigenvalue weighted by Crippen LogP contribution is -2.37. The Morgan fingerprint density at radius 2 is 2.00 bits per heavy atom. The smallest absolute Gasteiger partial charge is 0.283 e. The zero-order chi connectivity index (χ0) is 13.5. The zero-order valence-corrected chi connectivity index (χ0v) is 10.6. The van der Waals surface area contributed by atoms with Gasteiger partial charge >= 0.3 is 0 Å². The molecule has 0 saturated heterocycles. The molecular weight excluding hydrogens is 242 g/mol. The van der Waals surface area contributed by atoms with E-state index in [1.54, 1.807) is 31.5 Å². The van der Waals surface area contributed by atoms with Crippen molar-refractivity contribution in [3.63, 3.8) is 0 Å². The summed E-state index contributed by atoms with van der Waals surface area (Å²) in [5.41, 5.74) is 6.87. The predicted octanol–water partition coefficient (Wildman–Crippen LogP) is 1.52. The van der Waals surface area contributed by atoms with Gasteiger partial charge < -0.3 is 4.74 Å². The van der Waals surface area contributed by atoms with Crippen LogP contribution >= 0.6 is 0 Å². The van der Waals surface area contributed by atoms with Gasteiger partial charge in [-0.2, -0.15) is 0 Å². The number of ether oxygens (including phenoxy) is 1. The van der Waals surface area contributed by atoms with Crippen LogP contribution in [0.1, 0.15) is 16.1 Å². The van der Waals surface area contributed by atoms with Gasteiger partial charge in [-0.3, -0.25) is 15.2 Å². The fraction of sp³-hybridized carbons (Fsp3) is 0.143. The van der Waals surface area contributed by atoms with Crippen LogP contribution in [0, 0.1) is 0 Å². The molecule has 0 radical (unpaired) electrons. The second-order valence-electron chi connectivity index (χ2n) is 3.87. The third-order valence-electron chi connectivity index (χ3n) is 2.55. The number of carbonyl (C=O) groups excluding carboxylic acids is 1. The van der Waals surface area contributed by atoms with Crippen LogP contribution in [-0.2, 0) is 6.54 Å². The molecule has 2 N–H and O–H groups in total. The molecule has 0 atom stereocenters. The molecule has 0 aliphatic rings.